The second-order valence-corrected chi connectivity index (χ2v) is 10.4. The van der Waals surface area contributed by atoms with Crippen molar-refractivity contribution in [3.63, 3.8) is 0 Å². The first kappa shape index (κ1) is 23.9. The van der Waals surface area contributed by atoms with Crippen molar-refractivity contribution < 1.29 is 9.53 Å². The molecule has 10 heteroatoms. The van der Waals surface area contributed by atoms with Gasteiger partial charge in [-0.3, -0.25) is 4.90 Å². The van der Waals surface area contributed by atoms with Gasteiger partial charge >= 0.3 is 6.03 Å². The molecule has 0 spiro atoms. The van der Waals surface area contributed by atoms with Crippen LogP contribution in [0.25, 0.3) is 26.8 Å². The molecule has 192 valence electrons. The molecule has 2 aliphatic heterocycles. The normalized spacial score (nSPS) is 16.9. The maximum absolute atomic E-state index is 13.1. The zero-order valence-electron chi connectivity index (χ0n) is 20.9. The monoisotopic (exact) mass is 517 g/mol. The third-order valence-electron chi connectivity index (χ3n) is 7.22. The molecule has 37 heavy (non-hydrogen) atoms. The number of amides is 2. The molecule has 4 aromatic rings. The number of pyridine rings is 1. The fourth-order valence-corrected chi connectivity index (χ4v) is 5.78. The molecule has 3 aromatic heterocycles. The Morgan fingerprint density at radius 1 is 1.11 bits per heavy atom. The van der Waals surface area contributed by atoms with Crippen LogP contribution in [0.3, 0.4) is 0 Å². The zero-order chi connectivity index (χ0) is 25.2. The first-order valence-electron chi connectivity index (χ1n) is 12.7. The predicted molar refractivity (Wildman–Crippen MR) is 148 cm³/mol. The van der Waals surface area contributed by atoms with Gasteiger partial charge < -0.3 is 24.8 Å². The van der Waals surface area contributed by atoms with Crippen LogP contribution in [-0.4, -0.2) is 95.2 Å². The van der Waals surface area contributed by atoms with Gasteiger partial charge in [-0.2, -0.15) is 0 Å². The highest BCUT2D eigenvalue weighted by molar-refractivity contribution is 7.16. The number of aromatic amines is 1. The number of nitrogens with zero attached hydrogens (tertiary/aromatic N) is 5. The number of urea groups is 1. The van der Waals surface area contributed by atoms with Gasteiger partial charge in [0.2, 0.25) is 0 Å². The standard InChI is InChI=1S/C27H31N7O2S/c1-36-15-14-32-10-12-34(13-11-32)27(35)33-8-5-19(6-9-33)24-17-21-22(4-7-28-26(21)31-24)30-20-2-3-23-25(16-20)37-18-29-23/h2-5,7,16-18H,6,8-15H2,1H3,(H2,28,30,31). The molecule has 2 aliphatic rings. The number of fused-ring (bicyclic) bond motifs is 2. The Morgan fingerprint density at radius 3 is 2.81 bits per heavy atom. The average molecular weight is 518 g/mol. The lowest BCUT2D eigenvalue weighted by Gasteiger charge is -2.38. The van der Waals surface area contributed by atoms with Crippen LogP contribution in [0.4, 0.5) is 16.2 Å². The van der Waals surface area contributed by atoms with Gasteiger partial charge in [-0.15, -0.1) is 11.3 Å². The highest BCUT2D eigenvalue weighted by atomic mass is 32.1. The van der Waals surface area contributed by atoms with Crippen LogP contribution in [0.1, 0.15) is 12.1 Å². The van der Waals surface area contributed by atoms with E-state index in [9.17, 15) is 4.79 Å². The number of methoxy groups -OCH3 is 1. The number of aromatic nitrogens is 3. The van der Waals surface area contributed by atoms with Crippen molar-refractivity contribution in [2.24, 2.45) is 0 Å². The molecule has 1 aromatic carbocycles. The smallest absolute Gasteiger partial charge is 0.320 e. The van der Waals surface area contributed by atoms with Gasteiger partial charge in [0.1, 0.15) is 5.65 Å². The molecule has 2 amide bonds. The summed E-state index contributed by atoms with van der Waals surface area (Å²) < 4.78 is 6.33. The van der Waals surface area contributed by atoms with Crippen LogP contribution >= 0.6 is 11.3 Å². The Bertz CT molecular complexity index is 1440. The topological polar surface area (TPSA) is 89.6 Å². The summed E-state index contributed by atoms with van der Waals surface area (Å²) in [5.74, 6) is 0. The van der Waals surface area contributed by atoms with Crippen molar-refractivity contribution in [3.05, 3.63) is 53.8 Å². The van der Waals surface area contributed by atoms with E-state index in [1.165, 1.54) is 5.57 Å². The number of ether oxygens (including phenoxy) is 1. The molecule has 0 radical (unpaired) electrons. The molecule has 1 saturated heterocycles. The summed E-state index contributed by atoms with van der Waals surface area (Å²) in [6.45, 7) is 6.35. The number of carbonyl (C=O) groups is 1. The third kappa shape index (κ3) is 5.04. The lowest BCUT2D eigenvalue weighted by molar-refractivity contribution is 0.0938. The zero-order valence-corrected chi connectivity index (χ0v) is 21.8. The Labute approximate surface area is 219 Å². The van der Waals surface area contributed by atoms with E-state index in [4.69, 9.17) is 4.74 Å². The molecular formula is C27H31N7O2S. The van der Waals surface area contributed by atoms with Crippen LogP contribution in [0.2, 0.25) is 0 Å². The van der Waals surface area contributed by atoms with E-state index in [2.05, 4.69) is 49.4 Å². The Kier molecular flexibility index (Phi) is 6.77. The minimum atomic E-state index is 0.143. The van der Waals surface area contributed by atoms with E-state index in [1.54, 1.807) is 18.4 Å². The second-order valence-electron chi connectivity index (χ2n) is 9.49. The number of nitrogens with one attached hydrogen (secondary N) is 2. The minimum Gasteiger partial charge on any atom is -0.383 e. The number of rotatable bonds is 6. The van der Waals surface area contributed by atoms with Crippen molar-refractivity contribution in [2.45, 2.75) is 6.42 Å². The summed E-state index contributed by atoms with van der Waals surface area (Å²) in [5.41, 5.74) is 8.06. The number of anilines is 2. The predicted octanol–water partition coefficient (Wildman–Crippen LogP) is 4.39. The number of hydrogen-bond acceptors (Lipinski definition) is 7. The van der Waals surface area contributed by atoms with Gasteiger partial charge in [0.25, 0.3) is 0 Å². The fraction of sp³-hybridized carbons (Fsp3) is 0.370. The summed E-state index contributed by atoms with van der Waals surface area (Å²) in [7, 11) is 1.73. The number of thiazole rings is 1. The minimum absolute atomic E-state index is 0.143. The fourth-order valence-electron chi connectivity index (χ4n) is 5.07. The molecule has 0 aliphatic carbocycles. The highest BCUT2D eigenvalue weighted by Crippen LogP contribution is 2.31. The maximum Gasteiger partial charge on any atom is 0.320 e. The summed E-state index contributed by atoms with van der Waals surface area (Å²) in [6.07, 6.45) is 4.81. The summed E-state index contributed by atoms with van der Waals surface area (Å²) >= 11 is 1.64. The molecule has 5 heterocycles. The van der Waals surface area contributed by atoms with E-state index < -0.39 is 0 Å². The SMILES string of the molecule is COCCN1CCN(C(=O)N2CC=C(c3cc4c(Nc5ccc6ncsc6c5)ccnc4[nH]3)CC2)CC1. The van der Waals surface area contributed by atoms with Crippen LogP contribution < -0.4 is 5.32 Å². The van der Waals surface area contributed by atoms with E-state index in [0.717, 1.165) is 90.6 Å². The summed E-state index contributed by atoms with van der Waals surface area (Å²) in [6, 6.07) is 10.5. The van der Waals surface area contributed by atoms with Crippen LogP contribution in [0.15, 0.2) is 48.1 Å². The number of carbonyl (C=O) groups excluding carboxylic acids is 1. The van der Waals surface area contributed by atoms with Gasteiger partial charge in [0.15, 0.2) is 0 Å². The first-order chi connectivity index (χ1) is 18.2. The first-order valence-corrected chi connectivity index (χ1v) is 13.6. The third-order valence-corrected chi connectivity index (χ3v) is 8.01. The van der Waals surface area contributed by atoms with Crippen molar-refractivity contribution in [3.8, 4) is 0 Å². The second kappa shape index (κ2) is 10.5. The quantitative estimate of drug-likeness (QED) is 0.394. The number of piperazine rings is 1. The van der Waals surface area contributed by atoms with Gasteiger partial charge in [0.05, 0.1) is 28.0 Å². The maximum atomic E-state index is 13.1. The summed E-state index contributed by atoms with van der Waals surface area (Å²) in [4.78, 5) is 31.8. The molecule has 6 rings (SSSR count). The van der Waals surface area contributed by atoms with Crippen molar-refractivity contribution >= 4 is 55.6 Å². The largest absolute Gasteiger partial charge is 0.383 e. The van der Waals surface area contributed by atoms with Crippen molar-refractivity contribution in [1.29, 1.82) is 0 Å². The van der Waals surface area contributed by atoms with E-state index >= 15 is 0 Å². The number of H-pyrrole nitrogens is 1. The average Bonchev–Trinajstić information content (AvgIpc) is 3.59. The van der Waals surface area contributed by atoms with E-state index in [0.29, 0.717) is 6.54 Å². The molecule has 0 atom stereocenters. The Balaban J connectivity index is 1.12. The molecule has 2 N–H and O–H groups in total. The van der Waals surface area contributed by atoms with Gasteiger partial charge in [-0.1, -0.05) is 6.08 Å². The molecule has 1 fully saturated rings. The van der Waals surface area contributed by atoms with Gasteiger partial charge in [-0.05, 0) is 42.3 Å². The lowest BCUT2D eigenvalue weighted by Crippen LogP contribution is -2.53. The Morgan fingerprint density at radius 2 is 2.00 bits per heavy atom. The number of hydrogen-bond donors (Lipinski definition) is 2. The van der Waals surface area contributed by atoms with E-state index in [-0.39, 0.29) is 6.03 Å². The lowest BCUT2D eigenvalue weighted by atomic mass is 10.0. The highest BCUT2D eigenvalue weighted by Gasteiger charge is 2.26. The van der Waals surface area contributed by atoms with Crippen molar-refractivity contribution in [2.75, 3.05) is 64.8 Å². The molecular weight excluding hydrogens is 486 g/mol. The van der Waals surface area contributed by atoms with Gasteiger partial charge in [0, 0.05) is 75.9 Å². The summed E-state index contributed by atoms with van der Waals surface area (Å²) in [5, 5.41) is 4.60. The van der Waals surface area contributed by atoms with Crippen LogP contribution in [0, 0.1) is 0 Å². The van der Waals surface area contributed by atoms with Crippen LogP contribution in [0.5, 0.6) is 0 Å². The molecule has 0 saturated carbocycles. The molecule has 9 nitrogen and oxygen atoms in total. The number of benzene rings is 1. The van der Waals surface area contributed by atoms with E-state index in [1.807, 2.05) is 33.6 Å². The van der Waals surface area contributed by atoms with Crippen LogP contribution in [-0.2, 0) is 4.74 Å². The Hall–Kier alpha value is -3.47. The molecule has 0 bridgehead atoms. The van der Waals surface area contributed by atoms with Crippen molar-refractivity contribution in [1.82, 2.24) is 29.7 Å². The molecule has 0 unspecified atom stereocenters. The van der Waals surface area contributed by atoms with Gasteiger partial charge in [-0.25, -0.2) is 14.8 Å².